The van der Waals surface area contributed by atoms with Gasteiger partial charge in [0.15, 0.2) is 0 Å². The molecular weight excluding hydrogens is 385 g/mol. The molecule has 2 N–H and O–H groups in total. The first-order valence-corrected chi connectivity index (χ1v) is 9.75. The number of rotatable bonds is 6. The molecule has 2 aliphatic rings. The lowest BCUT2D eigenvalue weighted by atomic mass is 10.2. The molecule has 3 heterocycles. The maximum absolute atomic E-state index is 12.3. The molecule has 0 bridgehead atoms. The Morgan fingerprint density at radius 2 is 1.74 bits per heavy atom. The van der Waals surface area contributed by atoms with Crippen LogP contribution in [0.1, 0.15) is 42.5 Å². The average molecular weight is 418 g/mol. The van der Waals surface area contributed by atoms with Crippen molar-refractivity contribution in [3.8, 4) is 0 Å². The number of pyridine rings is 1. The number of carbonyl (C=O) groups is 1. The number of nitrogens with one attached hydrogen (secondary N) is 2. The summed E-state index contributed by atoms with van der Waals surface area (Å²) < 4.78 is 0. The molecule has 0 unspecified atom stereocenters. The quantitative estimate of drug-likeness (QED) is 0.695. The van der Waals surface area contributed by atoms with Crippen molar-refractivity contribution in [2.75, 3.05) is 57.3 Å². The Morgan fingerprint density at radius 3 is 2.37 bits per heavy atom. The lowest BCUT2D eigenvalue weighted by molar-refractivity contribution is 0.0951. The van der Waals surface area contributed by atoms with Crippen LogP contribution in [0, 0.1) is 0 Å². The number of amides is 1. The van der Waals surface area contributed by atoms with Crippen LogP contribution in [0.3, 0.4) is 0 Å². The van der Waals surface area contributed by atoms with Crippen molar-refractivity contribution in [3.05, 3.63) is 23.9 Å². The van der Waals surface area contributed by atoms with E-state index in [4.69, 9.17) is 0 Å². The first-order valence-electron chi connectivity index (χ1n) is 9.75. The molecule has 0 atom stereocenters. The van der Waals surface area contributed by atoms with Gasteiger partial charge in [-0.25, -0.2) is 4.98 Å². The summed E-state index contributed by atoms with van der Waals surface area (Å²) in [5, 5.41) is 6.37. The number of hydrogen-bond acceptors (Lipinski definition) is 5. The fourth-order valence-corrected chi connectivity index (χ4v) is 3.55. The molecule has 2 fully saturated rings. The van der Waals surface area contributed by atoms with E-state index in [-0.39, 0.29) is 30.7 Å². The molecule has 2 saturated heterocycles. The topological polar surface area (TPSA) is 60.5 Å². The highest BCUT2D eigenvalue weighted by Crippen LogP contribution is 2.17. The number of piperazine rings is 1. The number of hydrogen-bond donors (Lipinski definition) is 2. The summed E-state index contributed by atoms with van der Waals surface area (Å²) in [4.78, 5) is 21.5. The number of carbonyl (C=O) groups excluding carboxylic acids is 1. The summed E-state index contributed by atoms with van der Waals surface area (Å²) in [6.07, 6.45) is 7.79. The van der Waals surface area contributed by atoms with Crippen molar-refractivity contribution in [1.29, 1.82) is 0 Å². The van der Waals surface area contributed by atoms with Crippen LogP contribution in [0.2, 0.25) is 0 Å². The lowest BCUT2D eigenvalue weighted by Crippen LogP contribution is -2.44. The fourth-order valence-electron chi connectivity index (χ4n) is 3.55. The van der Waals surface area contributed by atoms with Crippen molar-refractivity contribution >= 4 is 36.5 Å². The predicted molar refractivity (Wildman–Crippen MR) is 116 cm³/mol. The maximum atomic E-state index is 12.3. The van der Waals surface area contributed by atoms with E-state index in [0.717, 1.165) is 64.6 Å². The normalized spacial score (nSPS) is 18.0. The number of aromatic nitrogens is 1. The van der Waals surface area contributed by atoms with Gasteiger partial charge >= 0.3 is 0 Å². The molecule has 1 aromatic rings. The van der Waals surface area contributed by atoms with E-state index in [9.17, 15) is 4.79 Å². The van der Waals surface area contributed by atoms with Gasteiger partial charge in [-0.3, -0.25) is 4.79 Å². The number of halogens is 2. The molecule has 0 radical (unpaired) electrons. The van der Waals surface area contributed by atoms with Crippen LogP contribution < -0.4 is 15.5 Å². The second-order valence-electron chi connectivity index (χ2n) is 7.01. The van der Waals surface area contributed by atoms with Gasteiger partial charge in [0.1, 0.15) is 5.82 Å². The van der Waals surface area contributed by atoms with Crippen molar-refractivity contribution < 1.29 is 4.79 Å². The third-order valence-corrected chi connectivity index (χ3v) is 5.09. The zero-order valence-corrected chi connectivity index (χ0v) is 17.6. The Kier molecular flexibility index (Phi) is 11.7. The molecule has 0 aromatic carbocycles. The lowest BCUT2D eigenvalue weighted by Gasteiger charge is -2.27. The van der Waals surface area contributed by atoms with E-state index in [1.165, 1.54) is 25.7 Å². The van der Waals surface area contributed by atoms with Gasteiger partial charge in [-0.1, -0.05) is 12.8 Å². The zero-order valence-electron chi connectivity index (χ0n) is 16.0. The molecule has 0 aliphatic carbocycles. The first kappa shape index (κ1) is 24.0. The van der Waals surface area contributed by atoms with E-state index >= 15 is 0 Å². The van der Waals surface area contributed by atoms with Crippen molar-refractivity contribution in [2.45, 2.75) is 32.1 Å². The van der Waals surface area contributed by atoms with Crippen molar-refractivity contribution in [3.63, 3.8) is 0 Å². The van der Waals surface area contributed by atoms with E-state index in [1.807, 2.05) is 12.1 Å². The average Bonchev–Trinajstić information content (AvgIpc) is 2.95. The summed E-state index contributed by atoms with van der Waals surface area (Å²) in [6, 6.07) is 3.89. The van der Waals surface area contributed by atoms with Gasteiger partial charge in [0.25, 0.3) is 5.91 Å². The Morgan fingerprint density at radius 1 is 1.04 bits per heavy atom. The standard InChI is InChI=1S/C19H31N5O.2ClH/c25-19(21-8-5-11-23-14-9-20-10-15-23)17-6-7-18(22-16-17)24-12-3-1-2-4-13-24;;/h6-7,16,20H,1-5,8-15H2,(H,21,25);2*1H. The van der Waals surface area contributed by atoms with Gasteiger partial charge in [-0.05, 0) is 37.9 Å². The van der Waals surface area contributed by atoms with Crippen LogP contribution in [-0.4, -0.2) is 68.1 Å². The molecule has 154 valence electrons. The molecule has 27 heavy (non-hydrogen) atoms. The van der Waals surface area contributed by atoms with Gasteiger partial charge in [-0.2, -0.15) is 0 Å². The predicted octanol–water partition coefficient (Wildman–Crippen LogP) is 2.33. The molecule has 6 nitrogen and oxygen atoms in total. The minimum absolute atomic E-state index is 0. The largest absolute Gasteiger partial charge is 0.357 e. The second kappa shape index (κ2) is 13.2. The van der Waals surface area contributed by atoms with E-state index in [2.05, 4.69) is 25.4 Å². The Labute approximate surface area is 175 Å². The van der Waals surface area contributed by atoms with Gasteiger partial charge in [-0.15, -0.1) is 24.8 Å². The smallest absolute Gasteiger partial charge is 0.252 e. The van der Waals surface area contributed by atoms with Crippen LogP contribution in [0.5, 0.6) is 0 Å². The van der Waals surface area contributed by atoms with E-state index in [0.29, 0.717) is 5.56 Å². The highest BCUT2D eigenvalue weighted by molar-refractivity contribution is 5.94. The number of nitrogens with zero attached hydrogens (tertiary/aromatic N) is 3. The van der Waals surface area contributed by atoms with Gasteiger partial charge < -0.3 is 20.4 Å². The summed E-state index contributed by atoms with van der Waals surface area (Å²) in [5.41, 5.74) is 0.653. The third kappa shape index (κ3) is 7.82. The molecule has 2 aliphatic heterocycles. The fraction of sp³-hybridized carbons (Fsp3) is 0.684. The Balaban J connectivity index is 0.00000182. The summed E-state index contributed by atoms with van der Waals surface area (Å²) >= 11 is 0. The minimum atomic E-state index is -0.0183. The summed E-state index contributed by atoms with van der Waals surface area (Å²) in [6.45, 7) is 8.27. The first-order chi connectivity index (χ1) is 12.3. The SMILES string of the molecule is Cl.Cl.O=C(NCCCN1CCNCC1)c1ccc(N2CCCCCC2)nc1. The van der Waals surface area contributed by atoms with Crippen molar-refractivity contribution in [1.82, 2.24) is 20.5 Å². The van der Waals surface area contributed by atoms with E-state index < -0.39 is 0 Å². The third-order valence-electron chi connectivity index (χ3n) is 5.09. The zero-order chi connectivity index (χ0) is 17.3. The summed E-state index contributed by atoms with van der Waals surface area (Å²) in [5.74, 6) is 0.979. The van der Waals surface area contributed by atoms with Gasteiger partial charge in [0, 0.05) is 52.0 Å². The highest BCUT2D eigenvalue weighted by Gasteiger charge is 2.13. The number of anilines is 1. The monoisotopic (exact) mass is 417 g/mol. The van der Waals surface area contributed by atoms with Crippen LogP contribution in [0.15, 0.2) is 18.3 Å². The Hall–Kier alpha value is -1.08. The molecular formula is C19H33Cl2N5O. The van der Waals surface area contributed by atoms with Crippen molar-refractivity contribution in [2.24, 2.45) is 0 Å². The molecule has 3 rings (SSSR count). The van der Waals surface area contributed by atoms with Crippen LogP contribution in [-0.2, 0) is 0 Å². The van der Waals surface area contributed by atoms with Crippen LogP contribution in [0.25, 0.3) is 0 Å². The molecule has 1 aromatic heterocycles. The van der Waals surface area contributed by atoms with Crippen LogP contribution >= 0.6 is 24.8 Å². The molecule has 0 spiro atoms. The van der Waals surface area contributed by atoms with Gasteiger partial charge in [0.05, 0.1) is 5.56 Å². The molecule has 0 saturated carbocycles. The summed E-state index contributed by atoms with van der Waals surface area (Å²) in [7, 11) is 0. The van der Waals surface area contributed by atoms with E-state index in [1.54, 1.807) is 6.20 Å². The maximum Gasteiger partial charge on any atom is 0.252 e. The Bertz CT molecular complexity index is 529. The molecule has 1 amide bonds. The minimum Gasteiger partial charge on any atom is -0.357 e. The molecule has 8 heteroatoms. The van der Waals surface area contributed by atoms with Gasteiger partial charge in [0.2, 0.25) is 0 Å². The van der Waals surface area contributed by atoms with Crippen LogP contribution in [0.4, 0.5) is 5.82 Å². The highest BCUT2D eigenvalue weighted by atomic mass is 35.5. The second-order valence-corrected chi connectivity index (χ2v) is 7.01.